The minimum absolute atomic E-state index is 1.01. The Morgan fingerprint density at radius 3 is 0.902 bits per heavy atom. The van der Waals surface area contributed by atoms with Crippen LogP contribution in [-0.2, 0) is 0 Å². The molecule has 0 heterocycles. The van der Waals surface area contributed by atoms with E-state index in [-0.39, 0.29) is 0 Å². The van der Waals surface area contributed by atoms with E-state index >= 15 is 0 Å². The predicted octanol–water partition coefficient (Wildman–Crippen LogP) is 12.4. The van der Waals surface area contributed by atoms with E-state index in [0.717, 1.165) is 19.6 Å². The first-order valence-electron chi connectivity index (χ1n) is 18.9. The zero-order chi connectivity index (χ0) is 29.7. The van der Waals surface area contributed by atoms with Gasteiger partial charge in [0, 0.05) is 19.6 Å². The van der Waals surface area contributed by atoms with Gasteiger partial charge in [-0.05, 0) is 71.1 Å². The van der Waals surface area contributed by atoms with Crippen molar-refractivity contribution in [3.8, 4) is 0 Å². The molecule has 0 fully saturated rings. The first-order chi connectivity index (χ1) is 20.3. The van der Waals surface area contributed by atoms with Crippen molar-refractivity contribution in [2.45, 2.75) is 201 Å². The largest absolute Gasteiger partial charge is 0.242 e. The molecule has 0 rings (SSSR count). The maximum atomic E-state index is 3.58. The van der Waals surface area contributed by atoms with Crippen LogP contribution in [-0.4, -0.2) is 24.8 Å². The molecule has 0 aromatic heterocycles. The van der Waals surface area contributed by atoms with Gasteiger partial charge in [-0.1, -0.05) is 154 Å². The van der Waals surface area contributed by atoms with Gasteiger partial charge >= 0.3 is 0 Å². The van der Waals surface area contributed by atoms with E-state index in [1.807, 2.05) is 0 Å². The van der Waals surface area contributed by atoms with Gasteiger partial charge in [-0.2, -0.15) is 5.12 Å². The molecule has 0 saturated heterocycles. The van der Waals surface area contributed by atoms with Gasteiger partial charge in [0.2, 0.25) is 0 Å². The van der Waals surface area contributed by atoms with Crippen LogP contribution in [0.15, 0.2) is 24.3 Å². The van der Waals surface area contributed by atoms with E-state index in [1.165, 1.54) is 180 Å². The third-order valence-corrected chi connectivity index (χ3v) is 8.30. The Morgan fingerprint density at radius 1 is 0.341 bits per heavy atom. The highest BCUT2D eigenvalue weighted by molar-refractivity contribution is 4.82. The number of allylic oxidation sites excluding steroid dienone is 4. The zero-order valence-corrected chi connectivity index (χ0v) is 28.7. The summed E-state index contributed by atoms with van der Waals surface area (Å²) >= 11 is 0. The van der Waals surface area contributed by atoms with Crippen LogP contribution < -0.4 is 10.9 Å². The van der Waals surface area contributed by atoms with Gasteiger partial charge in [-0.3, -0.25) is 0 Å². The fourth-order valence-corrected chi connectivity index (χ4v) is 5.45. The van der Waals surface area contributed by atoms with Crippen molar-refractivity contribution in [2.24, 2.45) is 0 Å². The summed E-state index contributed by atoms with van der Waals surface area (Å²) < 4.78 is 0. The minimum atomic E-state index is 1.01. The first-order valence-corrected chi connectivity index (χ1v) is 18.9. The van der Waals surface area contributed by atoms with Crippen LogP contribution in [0.1, 0.15) is 201 Å². The number of hydrogen-bond donors (Lipinski definition) is 2. The van der Waals surface area contributed by atoms with Crippen molar-refractivity contribution in [3.63, 3.8) is 0 Å². The van der Waals surface area contributed by atoms with Gasteiger partial charge in [0.25, 0.3) is 0 Å². The molecule has 0 aromatic carbocycles. The summed E-state index contributed by atoms with van der Waals surface area (Å²) in [5.41, 5.74) is 7.16. The van der Waals surface area contributed by atoms with Crippen molar-refractivity contribution >= 4 is 0 Å². The molecule has 0 amide bonds. The molecule has 0 aliphatic heterocycles. The number of rotatable bonds is 35. The quantitative estimate of drug-likeness (QED) is 0.0447. The maximum absolute atomic E-state index is 3.58. The van der Waals surface area contributed by atoms with Gasteiger partial charge < -0.3 is 0 Å². The second kappa shape index (κ2) is 37.4. The molecule has 0 saturated carbocycles. The number of nitrogens with one attached hydrogen (secondary N) is 2. The molecular weight excluding hydrogens is 498 g/mol. The van der Waals surface area contributed by atoms with Crippen molar-refractivity contribution < 1.29 is 0 Å². The van der Waals surface area contributed by atoms with E-state index in [2.05, 4.69) is 61.0 Å². The van der Waals surface area contributed by atoms with Crippen molar-refractivity contribution in [2.75, 3.05) is 19.6 Å². The number of hydrazine groups is 2. The molecule has 0 aromatic rings. The lowest BCUT2D eigenvalue weighted by Crippen LogP contribution is -2.48. The molecule has 0 spiro atoms. The second-order valence-corrected chi connectivity index (χ2v) is 12.4. The van der Waals surface area contributed by atoms with Crippen molar-refractivity contribution in [1.29, 1.82) is 0 Å². The number of hydrogen-bond acceptors (Lipinski definition) is 3. The first kappa shape index (κ1) is 40.4. The third-order valence-electron chi connectivity index (χ3n) is 8.30. The lowest BCUT2D eigenvalue weighted by molar-refractivity contribution is 0.120. The Labute approximate surface area is 260 Å². The van der Waals surface area contributed by atoms with Crippen LogP contribution in [0.3, 0.4) is 0 Å². The van der Waals surface area contributed by atoms with Gasteiger partial charge in [-0.15, -0.1) is 0 Å². The molecule has 3 heteroatoms. The summed E-state index contributed by atoms with van der Waals surface area (Å²) in [6.45, 7) is 10.0. The molecule has 0 unspecified atom stereocenters. The highest BCUT2D eigenvalue weighted by atomic mass is 15.7. The Bertz CT molecular complexity index is 472. The van der Waals surface area contributed by atoms with Crippen LogP contribution in [0, 0.1) is 0 Å². The summed E-state index contributed by atoms with van der Waals surface area (Å²) in [5.74, 6) is 0. The normalized spacial score (nSPS) is 12.1. The fraction of sp³-hybridized carbons (Fsp3) is 0.895. The lowest BCUT2D eigenvalue weighted by atomic mass is 10.1. The number of unbranched alkanes of at least 4 members (excludes halogenated alkanes) is 24. The molecule has 0 atom stereocenters. The molecule has 0 radical (unpaired) electrons. The summed E-state index contributed by atoms with van der Waals surface area (Å²) in [6, 6.07) is 0. The Hall–Kier alpha value is -0.640. The van der Waals surface area contributed by atoms with Gasteiger partial charge in [0.05, 0.1) is 0 Å². The lowest BCUT2D eigenvalue weighted by Gasteiger charge is -2.22. The van der Waals surface area contributed by atoms with E-state index in [0.29, 0.717) is 0 Å². The van der Waals surface area contributed by atoms with Gasteiger partial charge in [0.1, 0.15) is 0 Å². The minimum Gasteiger partial charge on any atom is -0.242 e. The highest BCUT2D eigenvalue weighted by Crippen LogP contribution is 2.11. The predicted molar refractivity (Wildman–Crippen MR) is 187 cm³/mol. The molecule has 0 aliphatic rings. The SMILES string of the molecule is CCCCCCCCC=CCCCCCCCCNN(CC)NCCCCCCCCC=CCCCCCCCC. The molecule has 2 N–H and O–H groups in total. The molecular formula is C38H77N3. The van der Waals surface area contributed by atoms with Crippen LogP contribution in [0.25, 0.3) is 0 Å². The smallest absolute Gasteiger partial charge is 0.0259 e. The number of nitrogens with zero attached hydrogens (tertiary/aromatic N) is 1. The molecule has 41 heavy (non-hydrogen) atoms. The summed E-state index contributed by atoms with van der Waals surface area (Å²) in [5, 5.41) is 2.20. The average molecular weight is 576 g/mol. The summed E-state index contributed by atoms with van der Waals surface area (Å²) in [6.07, 6.45) is 48.1. The summed E-state index contributed by atoms with van der Waals surface area (Å²) in [4.78, 5) is 0. The van der Waals surface area contributed by atoms with Crippen molar-refractivity contribution in [3.05, 3.63) is 24.3 Å². The maximum Gasteiger partial charge on any atom is 0.0259 e. The van der Waals surface area contributed by atoms with E-state index in [4.69, 9.17) is 0 Å². The Morgan fingerprint density at radius 2 is 0.610 bits per heavy atom. The second-order valence-electron chi connectivity index (χ2n) is 12.4. The third kappa shape index (κ3) is 35.5. The van der Waals surface area contributed by atoms with Crippen molar-refractivity contribution in [1.82, 2.24) is 16.0 Å². The van der Waals surface area contributed by atoms with Crippen LogP contribution in [0.4, 0.5) is 0 Å². The van der Waals surface area contributed by atoms with Gasteiger partial charge in [0.15, 0.2) is 0 Å². The zero-order valence-electron chi connectivity index (χ0n) is 28.7. The summed E-state index contributed by atoms with van der Waals surface area (Å²) in [7, 11) is 0. The monoisotopic (exact) mass is 576 g/mol. The topological polar surface area (TPSA) is 27.3 Å². The van der Waals surface area contributed by atoms with Gasteiger partial charge in [-0.25, -0.2) is 10.9 Å². The fourth-order valence-electron chi connectivity index (χ4n) is 5.45. The van der Waals surface area contributed by atoms with Crippen LogP contribution in [0.5, 0.6) is 0 Å². The van der Waals surface area contributed by atoms with E-state index < -0.39 is 0 Å². The Kier molecular flexibility index (Phi) is 36.8. The molecule has 0 bridgehead atoms. The Balaban J connectivity index is 3.33. The molecule has 244 valence electrons. The average Bonchev–Trinajstić information content (AvgIpc) is 2.99. The van der Waals surface area contributed by atoms with Crippen LogP contribution in [0.2, 0.25) is 0 Å². The van der Waals surface area contributed by atoms with E-state index in [1.54, 1.807) is 0 Å². The highest BCUT2D eigenvalue weighted by Gasteiger charge is 2.00. The standard InChI is InChI=1S/C38H77N3/c1-4-7-9-11-13-15-17-19-21-23-25-27-29-31-33-35-37-39-41(6-3)40-38-36-34-32-30-28-26-24-22-20-18-16-14-12-10-8-5-2/h19-22,39-40H,4-18,23-38H2,1-3H3. The van der Waals surface area contributed by atoms with E-state index in [9.17, 15) is 0 Å². The van der Waals surface area contributed by atoms with Crippen LogP contribution >= 0.6 is 0 Å². The molecule has 3 nitrogen and oxygen atoms in total. The molecule has 0 aliphatic carbocycles.